The minimum atomic E-state index is -0.658. The molecule has 0 radical (unpaired) electrons. The molecule has 0 aliphatic rings. The van der Waals surface area contributed by atoms with Crippen LogP contribution in [-0.2, 0) is 4.79 Å². The van der Waals surface area contributed by atoms with Crippen molar-refractivity contribution >= 4 is 29.1 Å². The van der Waals surface area contributed by atoms with Crippen LogP contribution >= 0.6 is 11.6 Å². The van der Waals surface area contributed by atoms with Crippen molar-refractivity contribution in [3.05, 3.63) is 59.1 Å². The van der Waals surface area contributed by atoms with Gasteiger partial charge in [0.05, 0.1) is 7.11 Å². The Hall–Kier alpha value is -2.53. The van der Waals surface area contributed by atoms with Crippen LogP contribution in [0.15, 0.2) is 48.5 Å². The Morgan fingerprint density at radius 1 is 1.15 bits per heavy atom. The molecule has 2 N–H and O–H groups in total. The van der Waals surface area contributed by atoms with Crippen molar-refractivity contribution in [2.24, 2.45) is 5.92 Å². The first-order valence-corrected chi connectivity index (χ1v) is 8.83. The van der Waals surface area contributed by atoms with E-state index in [1.54, 1.807) is 55.6 Å². The second kappa shape index (κ2) is 9.25. The number of rotatable bonds is 7. The molecule has 0 bridgehead atoms. The molecule has 0 fully saturated rings. The van der Waals surface area contributed by atoms with Gasteiger partial charge in [-0.05, 0) is 42.3 Å². The summed E-state index contributed by atoms with van der Waals surface area (Å²) in [5.41, 5.74) is 1.07. The number of carbonyl (C=O) groups is 2. The molecular weight excluding hydrogens is 352 g/mol. The first-order valence-electron chi connectivity index (χ1n) is 8.46. The Labute approximate surface area is 158 Å². The lowest BCUT2D eigenvalue weighted by Crippen LogP contribution is -2.47. The summed E-state index contributed by atoms with van der Waals surface area (Å²) in [7, 11) is 1.56. The zero-order chi connectivity index (χ0) is 19.1. The van der Waals surface area contributed by atoms with E-state index in [4.69, 9.17) is 16.3 Å². The molecule has 2 aromatic carbocycles. The second-order valence-electron chi connectivity index (χ2n) is 6.06. The summed E-state index contributed by atoms with van der Waals surface area (Å²) >= 11 is 5.85. The fourth-order valence-corrected chi connectivity index (χ4v) is 2.57. The van der Waals surface area contributed by atoms with E-state index in [1.165, 1.54) is 0 Å². The van der Waals surface area contributed by atoms with E-state index in [9.17, 15) is 9.59 Å². The number of methoxy groups -OCH3 is 1. The Morgan fingerprint density at radius 3 is 2.46 bits per heavy atom. The molecule has 0 aromatic heterocycles. The maximum atomic E-state index is 12.7. The van der Waals surface area contributed by atoms with Gasteiger partial charge >= 0.3 is 0 Å². The third kappa shape index (κ3) is 5.23. The fourth-order valence-electron chi connectivity index (χ4n) is 2.45. The Balaban J connectivity index is 2.13. The van der Waals surface area contributed by atoms with Gasteiger partial charge in [-0.15, -0.1) is 0 Å². The monoisotopic (exact) mass is 374 g/mol. The van der Waals surface area contributed by atoms with Crippen molar-refractivity contribution in [1.29, 1.82) is 0 Å². The van der Waals surface area contributed by atoms with Crippen molar-refractivity contribution in [2.75, 3.05) is 12.4 Å². The highest BCUT2D eigenvalue weighted by molar-refractivity contribution is 6.30. The quantitative estimate of drug-likeness (QED) is 0.765. The van der Waals surface area contributed by atoms with Crippen LogP contribution in [0.3, 0.4) is 0 Å². The number of ether oxygens (including phenoxy) is 1. The van der Waals surface area contributed by atoms with Gasteiger partial charge in [-0.1, -0.05) is 37.9 Å². The van der Waals surface area contributed by atoms with E-state index < -0.39 is 6.04 Å². The lowest BCUT2D eigenvalue weighted by atomic mass is 9.97. The minimum absolute atomic E-state index is 0.0307. The predicted octanol–water partition coefficient (Wildman–Crippen LogP) is 4.13. The highest BCUT2D eigenvalue weighted by Gasteiger charge is 2.26. The predicted molar refractivity (Wildman–Crippen MR) is 104 cm³/mol. The largest absolute Gasteiger partial charge is 0.497 e. The molecule has 6 heteroatoms. The maximum Gasteiger partial charge on any atom is 0.251 e. The molecule has 26 heavy (non-hydrogen) atoms. The van der Waals surface area contributed by atoms with E-state index in [1.807, 2.05) is 13.8 Å². The summed E-state index contributed by atoms with van der Waals surface area (Å²) in [5.74, 6) is 0.0348. The van der Waals surface area contributed by atoms with Crippen LogP contribution in [0, 0.1) is 5.92 Å². The molecule has 0 aliphatic carbocycles. The molecule has 2 unspecified atom stereocenters. The van der Waals surface area contributed by atoms with Crippen LogP contribution in [0.2, 0.25) is 5.02 Å². The fraction of sp³-hybridized carbons (Fsp3) is 0.300. The number of hydrogen-bond acceptors (Lipinski definition) is 3. The highest BCUT2D eigenvalue weighted by Crippen LogP contribution is 2.18. The Morgan fingerprint density at radius 2 is 1.85 bits per heavy atom. The van der Waals surface area contributed by atoms with Gasteiger partial charge in [0.1, 0.15) is 11.8 Å². The third-order valence-electron chi connectivity index (χ3n) is 4.23. The molecule has 5 nitrogen and oxygen atoms in total. The standard InChI is InChI=1S/C20H23ClN2O3/c1-4-13(2)18(23-19(24)14-8-10-15(21)11-9-14)20(25)22-16-6-5-7-17(12-16)26-3/h5-13,18H,4H2,1-3H3,(H,22,25)(H,23,24). The van der Waals surface area contributed by atoms with Crippen LogP contribution in [0.5, 0.6) is 5.75 Å². The number of halogens is 1. The van der Waals surface area contributed by atoms with Crippen molar-refractivity contribution in [3.8, 4) is 5.75 Å². The van der Waals surface area contributed by atoms with Crippen molar-refractivity contribution < 1.29 is 14.3 Å². The van der Waals surface area contributed by atoms with E-state index in [2.05, 4.69) is 10.6 Å². The topological polar surface area (TPSA) is 67.4 Å². The molecule has 138 valence electrons. The van der Waals surface area contributed by atoms with Gasteiger partial charge < -0.3 is 15.4 Å². The number of benzene rings is 2. The van der Waals surface area contributed by atoms with Gasteiger partial charge in [-0.2, -0.15) is 0 Å². The number of nitrogens with one attached hydrogen (secondary N) is 2. The molecule has 2 atom stereocenters. The number of carbonyl (C=O) groups excluding carboxylic acids is 2. The zero-order valence-corrected chi connectivity index (χ0v) is 15.8. The van der Waals surface area contributed by atoms with Gasteiger partial charge in [0.15, 0.2) is 0 Å². The van der Waals surface area contributed by atoms with Crippen molar-refractivity contribution in [2.45, 2.75) is 26.3 Å². The number of hydrogen-bond donors (Lipinski definition) is 2. The number of amides is 2. The summed E-state index contributed by atoms with van der Waals surface area (Å²) in [6.07, 6.45) is 0.747. The number of anilines is 1. The molecule has 0 heterocycles. The summed E-state index contributed by atoms with van der Waals surface area (Å²) in [6, 6.07) is 13.0. The molecule has 2 rings (SSSR count). The summed E-state index contributed by atoms with van der Waals surface area (Å²) in [5, 5.41) is 6.22. The van der Waals surface area contributed by atoms with Gasteiger partial charge in [0.2, 0.25) is 5.91 Å². The summed E-state index contributed by atoms with van der Waals surface area (Å²) < 4.78 is 5.17. The molecule has 2 amide bonds. The van der Waals surface area contributed by atoms with Crippen molar-refractivity contribution in [3.63, 3.8) is 0 Å². The molecule has 0 aliphatic heterocycles. The second-order valence-corrected chi connectivity index (χ2v) is 6.50. The van der Waals surface area contributed by atoms with Crippen molar-refractivity contribution in [1.82, 2.24) is 5.32 Å². The van der Waals surface area contributed by atoms with Gasteiger partial charge in [-0.25, -0.2) is 0 Å². The SMILES string of the molecule is CCC(C)C(NC(=O)c1ccc(Cl)cc1)C(=O)Nc1cccc(OC)c1. The van der Waals surface area contributed by atoms with Crippen LogP contribution in [0.25, 0.3) is 0 Å². The van der Waals surface area contributed by atoms with Gasteiger partial charge in [0, 0.05) is 22.3 Å². The average molecular weight is 375 g/mol. The normalized spacial score (nSPS) is 12.8. The van der Waals surface area contributed by atoms with Gasteiger partial charge in [0.25, 0.3) is 5.91 Å². The zero-order valence-electron chi connectivity index (χ0n) is 15.1. The van der Waals surface area contributed by atoms with E-state index in [-0.39, 0.29) is 17.7 Å². The van der Waals surface area contributed by atoms with Crippen LogP contribution in [0.4, 0.5) is 5.69 Å². The molecule has 0 spiro atoms. The highest BCUT2D eigenvalue weighted by atomic mass is 35.5. The smallest absolute Gasteiger partial charge is 0.251 e. The van der Waals surface area contributed by atoms with E-state index >= 15 is 0 Å². The minimum Gasteiger partial charge on any atom is -0.497 e. The Bertz CT molecular complexity index is 762. The molecular formula is C20H23ClN2O3. The maximum absolute atomic E-state index is 12.7. The summed E-state index contributed by atoms with van der Waals surface area (Å²) in [4.78, 5) is 25.2. The van der Waals surface area contributed by atoms with Crippen LogP contribution < -0.4 is 15.4 Å². The lowest BCUT2D eigenvalue weighted by Gasteiger charge is -2.23. The first kappa shape index (κ1) is 19.8. The Kier molecular flexibility index (Phi) is 7.04. The van der Waals surface area contributed by atoms with Crippen LogP contribution in [-0.4, -0.2) is 25.0 Å². The van der Waals surface area contributed by atoms with E-state index in [0.29, 0.717) is 22.0 Å². The van der Waals surface area contributed by atoms with Gasteiger partial charge in [-0.3, -0.25) is 9.59 Å². The summed E-state index contributed by atoms with van der Waals surface area (Å²) in [6.45, 7) is 3.91. The lowest BCUT2D eigenvalue weighted by molar-refractivity contribution is -0.119. The molecule has 0 saturated heterocycles. The van der Waals surface area contributed by atoms with E-state index in [0.717, 1.165) is 6.42 Å². The molecule has 0 saturated carbocycles. The van der Waals surface area contributed by atoms with Crippen LogP contribution in [0.1, 0.15) is 30.6 Å². The third-order valence-corrected chi connectivity index (χ3v) is 4.48. The first-order chi connectivity index (χ1) is 12.4. The average Bonchev–Trinajstić information content (AvgIpc) is 2.65. The molecule has 2 aromatic rings.